The van der Waals surface area contributed by atoms with Gasteiger partial charge in [-0.2, -0.15) is 5.26 Å². The third-order valence-corrected chi connectivity index (χ3v) is 2.98. The third-order valence-electron chi connectivity index (χ3n) is 2.98. The minimum absolute atomic E-state index is 0.204. The molecule has 1 aromatic carbocycles. The Morgan fingerprint density at radius 1 is 1.27 bits per heavy atom. The second-order valence-corrected chi connectivity index (χ2v) is 3.83. The first-order valence-electron chi connectivity index (χ1n) is 4.69. The van der Waals surface area contributed by atoms with Crippen molar-refractivity contribution in [2.24, 2.45) is 0 Å². The molecule has 0 unspecified atom stereocenters. The molecule has 0 spiro atoms. The molecule has 0 amide bonds. The van der Waals surface area contributed by atoms with Crippen LogP contribution in [0.1, 0.15) is 24.8 Å². The molecular weight excluding hydrogens is 200 g/mol. The molecule has 15 heavy (non-hydrogen) atoms. The highest BCUT2D eigenvalue weighted by Gasteiger charge is 2.41. The molecule has 78 valence electrons. The van der Waals surface area contributed by atoms with E-state index in [2.05, 4.69) is 6.07 Å². The van der Waals surface area contributed by atoms with E-state index in [1.807, 2.05) is 0 Å². The largest absolute Gasteiger partial charge is 0.508 e. The van der Waals surface area contributed by atoms with Crippen molar-refractivity contribution in [1.82, 2.24) is 0 Å². The van der Waals surface area contributed by atoms with Gasteiger partial charge in [0.15, 0.2) is 11.6 Å². The predicted molar refractivity (Wildman–Crippen MR) is 49.2 cm³/mol. The minimum atomic E-state index is -1.09. The fourth-order valence-electron chi connectivity index (χ4n) is 1.89. The molecule has 1 fully saturated rings. The van der Waals surface area contributed by atoms with Crippen LogP contribution in [0.2, 0.25) is 0 Å². The normalized spacial score (nSPS) is 17.9. The van der Waals surface area contributed by atoms with Crippen molar-refractivity contribution >= 4 is 0 Å². The molecule has 0 aliphatic heterocycles. The summed E-state index contributed by atoms with van der Waals surface area (Å²) in [6, 6.07) is 3.72. The maximum atomic E-state index is 13.0. The van der Waals surface area contributed by atoms with Crippen molar-refractivity contribution in [3.05, 3.63) is 29.3 Å². The average molecular weight is 209 g/mol. The Bertz CT molecular complexity index is 447. The molecule has 1 aromatic rings. The predicted octanol–water partition coefficient (Wildman–Crippen LogP) is 2.62. The summed E-state index contributed by atoms with van der Waals surface area (Å²) in [5.41, 5.74) is -0.617. The number of hydrogen-bond acceptors (Lipinski definition) is 2. The van der Waals surface area contributed by atoms with E-state index in [0.29, 0.717) is 12.8 Å². The van der Waals surface area contributed by atoms with Crippen LogP contribution in [0, 0.1) is 23.0 Å². The molecule has 0 radical (unpaired) electrons. The molecule has 4 heteroatoms. The lowest BCUT2D eigenvalue weighted by Gasteiger charge is -2.35. The number of rotatable bonds is 1. The quantitative estimate of drug-likeness (QED) is 0.772. The van der Waals surface area contributed by atoms with Gasteiger partial charge in [0.25, 0.3) is 0 Å². The summed E-state index contributed by atoms with van der Waals surface area (Å²) < 4.78 is 25.7. The molecule has 0 atom stereocenters. The number of phenols is 1. The fourth-order valence-corrected chi connectivity index (χ4v) is 1.89. The van der Waals surface area contributed by atoms with E-state index in [1.165, 1.54) is 0 Å². The number of halogens is 2. The first-order chi connectivity index (χ1) is 7.09. The van der Waals surface area contributed by atoms with E-state index in [9.17, 15) is 13.9 Å². The number of nitriles is 1. The van der Waals surface area contributed by atoms with Crippen LogP contribution in [-0.2, 0) is 5.41 Å². The number of phenolic OH excluding ortho intramolecular Hbond substituents is 1. The molecule has 0 saturated heterocycles. The van der Waals surface area contributed by atoms with Crippen LogP contribution in [0.3, 0.4) is 0 Å². The van der Waals surface area contributed by atoms with Crippen LogP contribution >= 0.6 is 0 Å². The van der Waals surface area contributed by atoms with E-state index in [0.717, 1.165) is 18.6 Å². The minimum Gasteiger partial charge on any atom is -0.508 e. The Labute approximate surface area is 85.8 Å². The van der Waals surface area contributed by atoms with Crippen molar-refractivity contribution in [2.45, 2.75) is 24.7 Å². The van der Waals surface area contributed by atoms with Crippen molar-refractivity contribution in [2.75, 3.05) is 0 Å². The van der Waals surface area contributed by atoms with Gasteiger partial charge in [-0.3, -0.25) is 0 Å². The molecule has 1 aliphatic carbocycles. The van der Waals surface area contributed by atoms with E-state index in [1.54, 1.807) is 0 Å². The monoisotopic (exact) mass is 209 g/mol. The lowest BCUT2D eigenvalue weighted by molar-refractivity contribution is 0.308. The first kappa shape index (κ1) is 9.91. The fraction of sp³-hybridized carbons (Fsp3) is 0.364. The topological polar surface area (TPSA) is 44.0 Å². The smallest absolute Gasteiger partial charge is 0.162 e. The number of benzene rings is 1. The van der Waals surface area contributed by atoms with Crippen LogP contribution in [0.5, 0.6) is 5.75 Å². The van der Waals surface area contributed by atoms with E-state index < -0.39 is 17.0 Å². The summed E-state index contributed by atoms with van der Waals surface area (Å²) in [4.78, 5) is 0. The zero-order valence-electron chi connectivity index (χ0n) is 7.93. The van der Waals surface area contributed by atoms with Gasteiger partial charge >= 0.3 is 0 Å². The summed E-state index contributed by atoms with van der Waals surface area (Å²) in [5.74, 6) is -2.46. The molecular formula is C11H9F2NO. The highest BCUT2D eigenvalue weighted by molar-refractivity contribution is 5.45. The van der Waals surface area contributed by atoms with Crippen LogP contribution in [-0.4, -0.2) is 5.11 Å². The Hall–Kier alpha value is -1.63. The Morgan fingerprint density at radius 2 is 1.87 bits per heavy atom. The summed E-state index contributed by atoms with van der Waals surface area (Å²) in [6.45, 7) is 0. The van der Waals surface area contributed by atoms with Gasteiger partial charge in [-0.25, -0.2) is 8.78 Å². The average Bonchev–Trinajstić information content (AvgIpc) is 2.12. The molecule has 1 saturated carbocycles. The zero-order chi connectivity index (χ0) is 11.1. The van der Waals surface area contributed by atoms with Gasteiger partial charge in [-0.05, 0) is 25.3 Å². The van der Waals surface area contributed by atoms with Gasteiger partial charge in [0.1, 0.15) is 5.75 Å². The van der Waals surface area contributed by atoms with Gasteiger partial charge in [-0.15, -0.1) is 0 Å². The van der Waals surface area contributed by atoms with Gasteiger partial charge in [0.05, 0.1) is 11.5 Å². The highest BCUT2D eigenvalue weighted by Crippen LogP contribution is 2.46. The zero-order valence-corrected chi connectivity index (χ0v) is 7.93. The van der Waals surface area contributed by atoms with Crippen LogP contribution in [0.25, 0.3) is 0 Å². The van der Waals surface area contributed by atoms with E-state index in [-0.39, 0.29) is 11.3 Å². The highest BCUT2D eigenvalue weighted by atomic mass is 19.2. The molecule has 0 aromatic heterocycles. The van der Waals surface area contributed by atoms with Gasteiger partial charge in [-0.1, -0.05) is 0 Å². The van der Waals surface area contributed by atoms with Crippen molar-refractivity contribution < 1.29 is 13.9 Å². The molecule has 2 nitrogen and oxygen atoms in total. The summed E-state index contributed by atoms with van der Waals surface area (Å²) in [5, 5.41) is 18.5. The molecule has 0 heterocycles. The summed E-state index contributed by atoms with van der Waals surface area (Å²) in [7, 11) is 0. The third kappa shape index (κ3) is 1.35. The number of nitrogens with zero attached hydrogens (tertiary/aromatic N) is 1. The maximum Gasteiger partial charge on any atom is 0.162 e. The molecule has 2 rings (SSSR count). The van der Waals surface area contributed by atoms with Gasteiger partial charge in [0, 0.05) is 11.6 Å². The Morgan fingerprint density at radius 3 is 2.33 bits per heavy atom. The van der Waals surface area contributed by atoms with Crippen molar-refractivity contribution in [1.29, 1.82) is 5.26 Å². The van der Waals surface area contributed by atoms with Crippen LogP contribution in [0.4, 0.5) is 8.78 Å². The SMILES string of the molecule is N#CC1(c2cc(F)c(F)cc2O)CCC1. The maximum absolute atomic E-state index is 13.0. The van der Waals surface area contributed by atoms with Crippen LogP contribution in [0.15, 0.2) is 12.1 Å². The van der Waals surface area contributed by atoms with Crippen molar-refractivity contribution in [3.63, 3.8) is 0 Å². The molecule has 1 N–H and O–H groups in total. The second-order valence-electron chi connectivity index (χ2n) is 3.83. The number of aromatic hydroxyl groups is 1. The van der Waals surface area contributed by atoms with Crippen LogP contribution < -0.4 is 0 Å². The second kappa shape index (κ2) is 3.20. The van der Waals surface area contributed by atoms with Gasteiger partial charge < -0.3 is 5.11 Å². The van der Waals surface area contributed by atoms with Gasteiger partial charge in [0.2, 0.25) is 0 Å². The number of hydrogen-bond donors (Lipinski definition) is 1. The standard InChI is InChI=1S/C11H9F2NO/c12-8-4-7(10(15)5-9(8)13)11(6-14)2-1-3-11/h4-5,15H,1-3H2. The lowest BCUT2D eigenvalue weighted by Crippen LogP contribution is -2.32. The Kier molecular flexibility index (Phi) is 2.11. The first-order valence-corrected chi connectivity index (χ1v) is 4.69. The van der Waals surface area contributed by atoms with Crippen molar-refractivity contribution in [3.8, 4) is 11.8 Å². The molecule has 1 aliphatic rings. The summed E-state index contributed by atoms with van der Waals surface area (Å²) in [6.07, 6.45) is 2.04. The Balaban J connectivity index is 2.54. The molecule has 0 bridgehead atoms. The van der Waals surface area contributed by atoms with E-state index in [4.69, 9.17) is 5.26 Å². The summed E-state index contributed by atoms with van der Waals surface area (Å²) >= 11 is 0. The lowest BCUT2D eigenvalue weighted by atomic mass is 9.65. The van der Waals surface area contributed by atoms with E-state index >= 15 is 0 Å².